The Balaban J connectivity index is 1.20. The first kappa shape index (κ1) is 23.6. The van der Waals surface area contributed by atoms with E-state index < -0.39 is 11.2 Å². The Morgan fingerprint density at radius 1 is 0.912 bits per heavy atom. The lowest BCUT2D eigenvalue weighted by atomic mass is 9.74. The van der Waals surface area contributed by atoms with E-state index in [2.05, 4.69) is 95.7 Å². The lowest BCUT2D eigenvalue weighted by Gasteiger charge is -2.38. The van der Waals surface area contributed by atoms with Crippen LogP contribution in [-0.2, 0) is 23.1 Å². The van der Waals surface area contributed by atoms with Crippen molar-refractivity contribution in [3.63, 3.8) is 0 Å². The highest BCUT2D eigenvalue weighted by atomic mass is 32.2. The van der Waals surface area contributed by atoms with Gasteiger partial charge in [-0.05, 0) is 80.2 Å². The van der Waals surface area contributed by atoms with E-state index in [0.717, 1.165) is 56.2 Å². The second kappa shape index (κ2) is 10.7. The fraction of sp³-hybridized carbons (Fsp3) is 0.400. The molecule has 3 aromatic carbocycles. The van der Waals surface area contributed by atoms with Crippen LogP contribution in [0.25, 0.3) is 0 Å². The van der Waals surface area contributed by atoms with Gasteiger partial charge in [-0.2, -0.15) is 0 Å². The molecule has 34 heavy (non-hydrogen) atoms. The van der Waals surface area contributed by atoms with E-state index in [4.69, 9.17) is 0 Å². The predicted octanol–water partition coefficient (Wildman–Crippen LogP) is 5.45. The van der Waals surface area contributed by atoms with E-state index in [1.807, 2.05) is 6.07 Å². The lowest BCUT2D eigenvalue weighted by Crippen LogP contribution is -2.44. The third-order valence-corrected chi connectivity index (χ3v) is 9.48. The van der Waals surface area contributed by atoms with Crippen molar-refractivity contribution < 1.29 is 4.55 Å². The smallest absolute Gasteiger partial charge is 0.156 e. The van der Waals surface area contributed by atoms with Crippen molar-refractivity contribution in [2.45, 2.75) is 42.0 Å². The number of likely N-dealkylation sites (N-methyl/N-ethyl adjacent to an activating group) is 1. The van der Waals surface area contributed by atoms with Crippen LogP contribution in [0, 0.1) is 0 Å². The topological polar surface area (TPSA) is 29.5 Å². The molecule has 0 aliphatic carbocycles. The zero-order chi connectivity index (χ0) is 23.4. The Morgan fingerprint density at radius 3 is 2.29 bits per heavy atom. The van der Waals surface area contributed by atoms with Crippen LogP contribution in [0.2, 0.25) is 0 Å². The maximum Gasteiger partial charge on any atom is 0.156 e. The van der Waals surface area contributed by atoms with E-state index in [-0.39, 0.29) is 5.41 Å². The predicted molar refractivity (Wildman–Crippen MR) is 142 cm³/mol. The van der Waals surface area contributed by atoms with Crippen molar-refractivity contribution in [2.75, 3.05) is 39.0 Å². The van der Waals surface area contributed by atoms with Crippen LogP contribution in [0.4, 0.5) is 0 Å². The van der Waals surface area contributed by atoms with Gasteiger partial charge >= 0.3 is 0 Å². The molecule has 2 unspecified atom stereocenters. The normalized spacial score (nSPS) is 20.5. The highest BCUT2D eigenvalue weighted by molar-refractivity contribution is 7.91. The molecule has 2 atom stereocenters. The van der Waals surface area contributed by atoms with Gasteiger partial charge in [0.25, 0.3) is 0 Å². The van der Waals surface area contributed by atoms with Gasteiger partial charge in [-0.25, -0.2) is 0 Å². The van der Waals surface area contributed by atoms with E-state index in [0.29, 0.717) is 5.92 Å². The van der Waals surface area contributed by atoms with Gasteiger partial charge in [0.1, 0.15) is 5.75 Å². The van der Waals surface area contributed by atoms with Gasteiger partial charge < -0.3 is 14.4 Å². The van der Waals surface area contributed by atoms with Crippen LogP contribution in [0.15, 0.2) is 89.8 Å². The van der Waals surface area contributed by atoms with Crippen molar-refractivity contribution in [1.29, 1.82) is 0 Å². The Labute approximate surface area is 208 Å². The molecule has 2 aliphatic heterocycles. The molecule has 0 saturated carbocycles. The van der Waals surface area contributed by atoms with Crippen molar-refractivity contribution in [1.82, 2.24) is 9.80 Å². The summed E-state index contributed by atoms with van der Waals surface area (Å²) in [5, 5.41) is 0. The summed E-state index contributed by atoms with van der Waals surface area (Å²) in [4.78, 5) is 6.19. The summed E-state index contributed by atoms with van der Waals surface area (Å²) < 4.78 is 12.7. The number of hydrogen-bond donors (Lipinski definition) is 0. The van der Waals surface area contributed by atoms with E-state index in [1.165, 1.54) is 23.1 Å². The minimum Gasteiger partial charge on any atom is -0.611 e. The molecular weight excluding hydrogens is 436 g/mol. The zero-order valence-corrected chi connectivity index (χ0v) is 21.1. The van der Waals surface area contributed by atoms with Crippen molar-refractivity contribution in [2.24, 2.45) is 0 Å². The molecule has 4 heteroatoms. The molecule has 1 fully saturated rings. The highest BCUT2D eigenvalue weighted by Crippen LogP contribution is 2.46. The SMILES string of the molecule is CN(Cc1ccccc1)CC(CCN1CCC2(CC1)C[S+]([O-])c1ccccc12)c1ccccc1. The molecule has 2 aliphatic rings. The second-order valence-electron chi connectivity index (χ2n) is 10.2. The lowest BCUT2D eigenvalue weighted by molar-refractivity contribution is 0.163. The maximum absolute atomic E-state index is 12.7. The van der Waals surface area contributed by atoms with Gasteiger partial charge in [-0.1, -0.05) is 78.9 Å². The molecule has 0 aromatic heterocycles. The minimum atomic E-state index is -0.830. The van der Waals surface area contributed by atoms with Crippen LogP contribution in [0.3, 0.4) is 0 Å². The zero-order valence-electron chi connectivity index (χ0n) is 20.2. The average molecular weight is 473 g/mol. The minimum absolute atomic E-state index is 0.132. The van der Waals surface area contributed by atoms with E-state index in [9.17, 15) is 4.55 Å². The number of piperidine rings is 1. The number of hydrogen-bond acceptors (Lipinski definition) is 3. The highest BCUT2D eigenvalue weighted by Gasteiger charge is 2.48. The Hall–Kier alpha value is -2.11. The standard InChI is InChI=1S/C30H36N2OS/c1-31(22-25-10-4-2-5-11-25)23-27(26-12-6-3-7-13-26)16-19-32-20-17-30(18-21-32)24-34(33)29-15-9-8-14-28(29)30/h2-15,27H,16-24H2,1H3. The molecule has 0 amide bonds. The first-order valence-electron chi connectivity index (χ1n) is 12.6. The third kappa shape index (κ3) is 5.26. The van der Waals surface area contributed by atoms with Gasteiger partial charge in [0.05, 0.1) is 0 Å². The molecule has 0 bridgehead atoms. The third-order valence-electron chi connectivity index (χ3n) is 7.82. The Bertz CT molecular complexity index is 1050. The monoisotopic (exact) mass is 472 g/mol. The van der Waals surface area contributed by atoms with Crippen LogP contribution < -0.4 is 0 Å². The summed E-state index contributed by atoms with van der Waals surface area (Å²) in [6.45, 7) is 5.37. The van der Waals surface area contributed by atoms with Crippen molar-refractivity contribution in [3.05, 3.63) is 102 Å². The number of likely N-dealkylation sites (tertiary alicyclic amines) is 1. The van der Waals surface area contributed by atoms with Crippen molar-refractivity contribution >= 4 is 11.2 Å². The molecule has 1 saturated heterocycles. The first-order valence-corrected chi connectivity index (χ1v) is 13.9. The fourth-order valence-corrected chi connectivity index (χ4v) is 7.75. The maximum atomic E-state index is 12.7. The number of nitrogens with zero attached hydrogens (tertiary/aromatic N) is 2. The van der Waals surface area contributed by atoms with Crippen molar-refractivity contribution in [3.8, 4) is 0 Å². The summed E-state index contributed by atoms with van der Waals surface area (Å²) in [6.07, 6.45) is 3.41. The van der Waals surface area contributed by atoms with Gasteiger partial charge in [-0.3, -0.25) is 0 Å². The summed E-state index contributed by atoms with van der Waals surface area (Å²) in [7, 11) is 2.24. The summed E-state index contributed by atoms with van der Waals surface area (Å²) in [5.74, 6) is 1.34. The van der Waals surface area contributed by atoms with Crippen LogP contribution in [-0.4, -0.2) is 53.3 Å². The van der Waals surface area contributed by atoms with Gasteiger partial charge in [-0.15, -0.1) is 0 Å². The average Bonchev–Trinajstić information content (AvgIpc) is 3.15. The molecule has 2 heterocycles. The molecule has 3 aromatic rings. The quantitative estimate of drug-likeness (QED) is 0.409. The molecule has 178 valence electrons. The molecule has 5 rings (SSSR count). The van der Waals surface area contributed by atoms with Crippen LogP contribution >= 0.6 is 0 Å². The largest absolute Gasteiger partial charge is 0.611 e. The molecule has 1 spiro atoms. The molecule has 0 radical (unpaired) electrons. The van der Waals surface area contributed by atoms with Gasteiger partial charge in [0, 0.05) is 24.1 Å². The Morgan fingerprint density at radius 2 is 1.56 bits per heavy atom. The number of fused-ring (bicyclic) bond motifs is 2. The Kier molecular flexibility index (Phi) is 7.40. The van der Waals surface area contributed by atoms with Gasteiger partial charge in [0.2, 0.25) is 0 Å². The number of benzene rings is 3. The molecular formula is C30H36N2OS. The molecule has 3 nitrogen and oxygen atoms in total. The number of rotatable bonds is 8. The molecule has 0 N–H and O–H groups in total. The van der Waals surface area contributed by atoms with Crippen LogP contribution in [0.5, 0.6) is 0 Å². The van der Waals surface area contributed by atoms with E-state index in [1.54, 1.807) is 0 Å². The summed E-state index contributed by atoms with van der Waals surface area (Å²) >= 11 is -0.830. The first-order chi connectivity index (χ1) is 16.6. The fourth-order valence-electron chi connectivity index (χ4n) is 5.89. The van der Waals surface area contributed by atoms with Gasteiger partial charge in [0.15, 0.2) is 4.90 Å². The van der Waals surface area contributed by atoms with E-state index >= 15 is 0 Å². The summed E-state index contributed by atoms with van der Waals surface area (Å²) in [5.41, 5.74) is 4.30. The van der Waals surface area contributed by atoms with Crippen LogP contribution in [0.1, 0.15) is 41.9 Å². The summed E-state index contributed by atoms with van der Waals surface area (Å²) in [6, 6.07) is 30.2. The second-order valence-corrected chi connectivity index (χ2v) is 11.6.